The second kappa shape index (κ2) is 8.53. The Morgan fingerprint density at radius 3 is 2.55 bits per heavy atom. The summed E-state index contributed by atoms with van der Waals surface area (Å²) in [6.07, 6.45) is 1.14. The maximum Gasteiger partial charge on any atom is 0.281 e. The van der Waals surface area contributed by atoms with Crippen LogP contribution in [0.4, 0.5) is 0 Å². The van der Waals surface area contributed by atoms with Crippen LogP contribution in [0.2, 0.25) is 0 Å². The molecule has 5 rings (SSSR count). The highest BCUT2D eigenvalue weighted by Crippen LogP contribution is 2.29. The minimum absolute atomic E-state index is 0.0499. The third-order valence-corrected chi connectivity index (χ3v) is 7.93. The van der Waals surface area contributed by atoms with Gasteiger partial charge in [-0.1, -0.05) is 47.7 Å². The van der Waals surface area contributed by atoms with E-state index in [4.69, 9.17) is 0 Å². The number of nitrogens with one attached hydrogen (secondary N) is 1. The molecular formula is C23H24N6O3S. The van der Waals surface area contributed by atoms with Crippen LogP contribution in [0.25, 0.3) is 11.2 Å². The number of hydrogen-bond acceptors (Lipinski definition) is 6. The molecule has 0 spiro atoms. The molecule has 0 radical (unpaired) electrons. The summed E-state index contributed by atoms with van der Waals surface area (Å²) < 4.78 is 29.2. The van der Waals surface area contributed by atoms with Crippen molar-refractivity contribution in [3.63, 3.8) is 0 Å². The van der Waals surface area contributed by atoms with Crippen LogP contribution < -0.4 is 5.56 Å². The Kier molecular flexibility index (Phi) is 5.55. The summed E-state index contributed by atoms with van der Waals surface area (Å²) in [5, 5.41) is 8.12. The number of aromatic amines is 1. The summed E-state index contributed by atoms with van der Waals surface area (Å²) in [7, 11) is -3.55. The fourth-order valence-corrected chi connectivity index (χ4v) is 5.81. The molecule has 2 aromatic carbocycles. The zero-order valence-electron chi connectivity index (χ0n) is 18.2. The van der Waals surface area contributed by atoms with Crippen molar-refractivity contribution in [1.29, 1.82) is 0 Å². The lowest BCUT2D eigenvalue weighted by atomic mass is 9.97. The summed E-state index contributed by atoms with van der Waals surface area (Å²) in [5.74, 6) is 0.503. The molecule has 170 valence electrons. The molecule has 0 saturated carbocycles. The van der Waals surface area contributed by atoms with Crippen LogP contribution in [0.1, 0.15) is 35.7 Å². The van der Waals surface area contributed by atoms with Gasteiger partial charge in [-0.05, 0) is 43.0 Å². The highest BCUT2D eigenvalue weighted by molar-refractivity contribution is 7.89. The van der Waals surface area contributed by atoms with E-state index in [0.29, 0.717) is 48.8 Å². The molecule has 10 heteroatoms. The van der Waals surface area contributed by atoms with Gasteiger partial charge in [0.15, 0.2) is 11.2 Å². The van der Waals surface area contributed by atoms with Gasteiger partial charge < -0.3 is 4.98 Å². The van der Waals surface area contributed by atoms with E-state index in [1.54, 1.807) is 22.9 Å². The van der Waals surface area contributed by atoms with Gasteiger partial charge in [0.05, 0.1) is 11.4 Å². The van der Waals surface area contributed by atoms with Crippen molar-refractivity contribution in [1.82, 2.24) is 29.3 Å². The van der Waals surface area contributed by atoms with Crippen molar-refractivity contribution in [3.8, 4) is 0 Å². The van der Waals surface area contributed by atoms with Crippen LogP contribution in [-0.4, -0.2) is 50.8 Å². The number of rotatable bonds is 5. The fourth-order valence-electron chi connectivity index (χ4n) is 4.23. The fraction of sp³-hybridized carbons (Fsp3) is 0.304. The topological polar surface area (TPSA) is 114 Å². The third kappa shape index (κ3) is 4.19. The summed E-state index contributed by atoms with van der Waals surface area (Å²) in [6.45, 7) is 3.07. The van der Waals surface area contributed by atoms with Gasteiger partial charge in [0.2, 0.25) is 10.0 Å². The summed E-state index contributed by atoms with van der Waals surface area (Å²) in [6, 6.07) is 16.7. The quantitative estimate of drug-likeness (QED) is 0.485. The molecule has 1 saturated heterocycles. The smallest absolute Gasteiger partial charge is 0.281 e. The van der Waals surface area contributed by atoms with Crippen molar-refractivity contribution >= 4 is 21.2 Å². The van der Waals surface area contributed by atoms with Crippen molar-refractivity contribution in [2.75, 3.05) is 13.1 Å². The van der Waals surface area contributed by atoms with Gasteiger partial charge >= 0.3 is 0 Å². The largest absolute Gasteiger partial charge is 0.308 e. The number of fused-ring (bicyclic) bond motifs is 1. The summed E-state index contributed by atoms with van der Waals surface area (Å²) in [5.41, 5.74) is 2.25. The molecule has 1 aliphatic heterocycles. The predicted molar refractivity (Wildman–Crippen MR) is 123 cm³/mol. The van der Waals surface area contributed by atoms with E-state index in [-0.39, 0.29) is 17.0 Å². The van der Waals surface area contributed by atoms with Gasteiger partial charge in [-0.15, -0.1) is 5.10 Å². The molecule has 0 aliphatic carbocycles. The molecule has 1 fully saturated rings. The van der Waals surface area contributed by atoms with E-state index >= 15 is 0 Å². The molecule has 1 aliphatic rings. The predicted octanol–water partition coefficient (Wildman–Crippen LogP) is 2.44. The van der Waals surface area contributed by atoms with E-state index < -0.39 is 10.0 Å². The molecule has 2 aromatic heterocycles. The van der Waals surface area contributed by atoms with Gasteiger partial charge in [-0.25, -0.2) is 18.1 Å². The normalized spacial score (nSPS) is 15.8. The van der Waals surface area contributed by atoms with Gasteiger partial charge in [-0.3, -0.25) is 4.79 Å². The average Bonchev–Trinajstić information content (AvgIpc) is 3.23. The third-order valence-electron chi connectivity index (χ3n) is 6.04. The molecule has 4 aromatic rings. The number of nitrogens with zero attached hydrogens (tertiary/aromatic N) is 5. The minimum atomic E-state index is -3.55. The number of aromatic nitrogens is 5. The number of aryl methyl sites for hydroxylation is 1. The SMILES string of the molecule is Cc1cccc(S(=O)(=O)N2CCC(c3nc4c(nnn4Cc4ccccc4)c(=O)[nH]3)CC2)c1. The summed E-state index contributed by atoms with van der Waals surface area (Å²) in [4.78, 5) is 20.5. The van der Waals surface area contributed by atoms with Crippen LogP contribution in [0.15, 0.2) is 64.3 Å². The molecule has 9 nitrogen and oxygen atoms in total. The Hall–Kier alpha value is -3.37. The van der Waals surface area contributed by atoms with E-state index in [9.17, 15) is 13.2 Å². The molecule has 0 unspecified atom stereocenters. The van der Waals surface area contributed by atoms with Crippen LogP contribution in [-0.2, 0) is 16.6 Å². The first-order chi connectivity index (χ1) is 15.9. The second-order valence-corrected chi connectivity index (χ2v) is 10.3. The number of H-pyrrole nitrogens is 1. The molecule has 0 atom stereocenters. The van der Waals surface area contributed by atoms with E-state index in [0.717, 1.165) is 11.1 Å². The van der Waals surface area contributed by atoms with E-state index in [1.165, 1.54) is 4.31 Å². The van der Waals surface area contributed by atoms with Crippen molar-refractivity contribution in [2.45, 2.75) is 37.1 Å². The first-order valence-corrected chi connectivity index (χ1v) is 12.3. The van der Waals surface area contributed by atoms with E-state index in [2.05, 4.69) is 20.3 Å². The average molecular weight is 465 g/mol. The molecule has 3 heterocycles. The number of sulfonamides is 1. The van der Waals surface area contributed by atoms with Crippen molar-refractivity contribution < 1.29 is 8.42 Å². The van der Waals surface area contributed by atoms with Crippen LogP contribution >= 0.6 is 0 Å². The zero-order valence-corrected chi connectivity index (χ0v) is 19.0. The van der Waals surface area contributed by atoms with Crippen molar-refractivity contribution in [2.24, 2.45) is 0 Å². The standard InChI is InChI=1S/C23H24N6O3S/c1-16-6-5-9-19(14-16)33(31,32)28-12-10-18(11-13-28)21-24-22-20(23(30)25-21)26-27-29(22)15-17-7-3-2-4-8-17/h2-9,14,18H,10-13,15H2,1H3,(H,24,25,30). The molecule has 1 N–H and O–H groups in total. The minimum Gasteiger partial charge on any atom is -0.308 e. The first-order valence-electron chi connectivity index (χ1n) is 10.9. The van der Waals surface area contributed by atoms with Gasteiger partial charge in [-0.2, -0.15) is 4.31 Å². The highest BCUT2D eigenvalue weighted by atomic mass is 32.2. The molecule has 0 amide bonds. The Morgan fingerprint density at radius 1 is 1.06 bits per heavy atom. The second-order valence-electron chi connectivity index (χ2n) is 8.35. The lowest BCUT2D eigenvalue weighted by molar-refractivity contribution is 0.313. The molecular weight excluding hydrogens is 440 g/mol. The van der Waals surface area contributed by atoms with Crippen LogP contribution in [0, 0.1) is 6.92 Å². The lowest BCUT2D eigenvalue weighted by Crippen LogP contribution is -2.38. The van der Waals surface area contributed by atoms with Crippen LogP contribution in [0.3, 0.4) is 0 Å². The maximum absolute atomic E-state index is 13.0. The summed E-state index contributed by atoms with van der Waals surface area (Å²) >= 11 is 0. The number of hydrogen-bond donors (Lipinski definition) is 1. The van der Waals surface area contributed by atoms with E-state index in [1.807, 2.05) is 43.3 Å². The highest BCUT2D eigenvalue weighted by Gasteiger charge is 2.31. The maximum atomic E-state index is 13.0. The monoisotopic (exact) mass is 464 g/mol. The Balaban J connectivity index is 1.37. The van der Waals surface area contributed by atoms with Gasteiger partial charge in [0.1, 0.15) is 5.82 Å². The van der Waals surface area contributed by atoms with Crippen LogP contribution in [0.5, 0.6) is 0 Å². The Bertz CT molecular complexity index is 1450. The first kappa shape index (κ1) is 21.5. The molecule has 0 bridgehead atoms. The lowest BCUT2D eigenvalue weighted by Gasteiger charge is -2.30. The van der Waals surface area contributed by atoms with Crippen molar-refractivity contribution in [3.05, 3.63) is 81.9 Å². The number of benzene rings is 2. The number of piperidine rings is 1. The zero-order chi connectivity index (χ0) is 23.0. The van der Waals surface area contributed by atoms with Gasteiger partial charge in [0, 0.05) is 19.0 Å². The van der Waals surface area contributed by atoms with Gasteiger partial charge in [0.25, 0.3) is 5.56 Å². The Morgan fingerprint density at radius 2 is 1.82 bits per heavy atom. The Labute approximate surface area is 191 Å². The molecule has 33 heavy (non-hydrogen) atoms.